The van der Waals surface area contributed by atoms with Crippen LogP contribution in [0.2, 0.25) is 0 Å². The molecule has 0 saturated heterocycles. The molecule has 1 aromatic heterocycles. The number of rotatable bonds is 6. The average Bonchev–Trinajstić information content (AvgIpc) is 2.61. The van der Waals surface area contributed by atoms with Crippen molar-refractivity contribution in [2.24, 2.45) is 0 Å². The maximum absolute atomic E-state index is 4.44. The Morgan fingerprint density at radius 3 is 2.57 bits per heavy atom. The fourth-order valence-electron chi connectivity index (χ4n) is 1.40. The van der Waals surface area contributed by atoms with E-state index in [1.165, 1.54) is 25.7 Å². The summed E-state index contributed by atoms with van der Waals surface area (Å²) in [6, 6.07) is 0. The number of aromatic nitrogens is 3. The summed E-state index contributed by atoms with van der Waals surface area (Å²) in [7, 11) is 0. The second kappa shape index (κ2) is 5.78. The van der Waals surface area contributed by atoms with Crippen LogP contribution < -0.4 is 0 Å². The molecule has 0 aliphatic heterocycles. The fourth-order valence-corrected chi connectivity index (χ4v) is 1.40. The predicted molar refractivity (Wildman–Crippen MR) is 58.3 cm³/mol. The van der Waals surface area contributed by atoms with Crippen LogP contribution in [0.3, 0.4) is 0 Å². The van der Waals surface area contributed by atoms with Gasteiger partial charge in [-0.05, 0) is 6.42 Å². The average molecular weight is 195 g/mol. The first-order chi connectivity index (χ1) is 6.74. The van der Waals surface area contributed by atoms with Gasteiger partial charge in [-0.25, -0.2) is 4.98 Å². The maximum atomic E-state index is 4.44. The van der Waals surface area contributed by atoms with Gasteiger partial charge in [-0.1, -0.05) is 40.0 Å². The Labute approximate surface area is 86.3 Å². The highest BCUT2D eigenvalue weighted by molar-refractivity contribution is 4.94. The van der Waals surface area contributed by atoms with E-state index in [2.05, 4.69) is 36.0 Å². The number of aryl methyl sites for hydroxylation is 1. The van der Waals surface area contributed by atoms with Crippen LogP contribution in [0, 0.1) is 0 Å². The molecule has 1 N–H and O–H groups in total. The number of hydrogen-bond acceptors (Lipinski definition) is 2. The summed E-state index contributed by atoms with van der Waals surface area (Å²) in [5.74, 6) is 2.41. The third-order valence-electron chi connectivity index (χ3n) is 2.33. The van der Waals surface area contributed by atoms with Crippen LogP contribution in [-0.2, 0) is 6.42 Å². The highest BCUT2D eigenvalue weighted by Crippen LogP contribution is 2.09. The zero-order valence-corrected chi connectivity index (χ0v) is 9.51. The molecular formula is C11H21N3. The Kier molecular flexibility index (Phi) is 4.63. The van der Waals surface area contributed by atoms with Gasteiger partial charge in [0.15, 0.2) is 5.82 Å². The van der Waals surface area contributed by atoms with E-state index in [1.807, 2.05) is 0 Å². The number of hydrogen-bond donors (Lipinski definition) is 1. The molecule has 1 heterocycles. The quantitative estimate of drug-likeness (QED) is 0.709. The van der Waals surface area contributed by atoms with Gasteiger partial charge < -0.3 is 0 Å². The van der Waals surface area contributed by atoms with Crippen molar-refractivity contribution in [2.75, 3.05) is 0 Å². The van der Waals surface area contributed by atoms with Crippen LogP contribution in [0.15, 0.2) is 0 Å². The molecule has 0 unspecified atom stereocenters. The van der Waals surface area contributed by atoms with Gasteiger partial charge in [0.2, 0.25) is 0 Å². The molecule has 0 aromatic carbocycles. The molecule has 1 rings (SSSR count). The topological polar surface area (TPSA) is 41.6 Å². The Morgan fingerprint density at radius 1 is 1.21 bits per heavy atom. The molecule has 0 saturated carbocycles. The van der Waals surface area contributed by atoms with Gasteiger partial charge >= 0.3 is 0 Å². The summed E-state index contributed by atoms with van der Waals surface area (Å²) >= 11 is 0. The largest absolute Gasteiger partial charge is 0.263 e. The zero-order chi connectivity index (χ0) is 10.4. The first-order valence-corrected chi connectivity index (χ1v) is 5.65. The van der Waals surface area contributed by atoms with Crippen LogP contribution in [0.25, 0.3) is 0 Å². The Balaban J connectivity index is 2.29. The molecule has 0 aliphatic rings. The van der Waals surface area contributed by atoms with E-state index in [-0.39, 0.29) is 0 Å². The van der Waals surface area contributed by atoms with E-state index in [0.29, 0.717) is 5.92 Å². The van der Waals surface area contributed by atoms with Crippen molar-refractivity contribution in [3.05, 3.63) is 11.6 Å². The number of aromatic amines is 1. The molecule has 3 heteroatoms. The second-order valence-corrected chi connectivity index (χ2v) is 4.11. The van der Waals surface area contributed by atoms with Gasteiger partial charge in [-0.2, -0.15) is 5.10 Å². The van der Waals surface area contributed by atoms with E-state index < -0.39 is 0 Å². The van der Waals surface area contributed by atoms with Crippen LogP contribution in [-0.4, -0.2) is 15.2 Å². The number of unbranched alkanes of at least 4 members (excludes halogenated alkanes) is 3. The lowest BCUT2D eigenvalue weighted by Crippen LogP contribution is -1.91. The molecular weight excluding hydrogens is 174 g/mol. The summed E-state index contributed by atoms with van der Waals surface area (Å²) < 4.78 is 0. The molecule has 0 radical (unpaired) electrons. The molecule has 1 aromatic rings. The summed E-state index contributed by atoms with van der Waals surface area (Å²) in [6.07, 6.45) is 6.17. The Bertz CT molecular complexity index is 253. The SMILES string of the molecule is CCCCCCc1nc(C(C)C)n[nH]1. The summed E-state index contributed by atoms with van der Waals surface area (Å²) in [4.78, 5) is 4.44. The maximum Gasteiger partial charge on any atom is 0.153 e. The van der Waals surface area contributed by atoms with Gasteiger partial charge in [0.1, 0.15) is 5.82 Å². The van der Waals surface area contributed by atoms with Crippen LogP contribution in [0.4, 0.5) is 0 Å². The molecule has 0 atom stereocenters. The minimum Gasteiger partial charge on any atom is -0.263 e. The molecule has 0 bridgehead atoms. The van der Waals surface area contributed by atoms with Crippen LogP contribution in [0.1, 0.15) is 64.0 Å². The predicted octanol–water partition coefficient (Wildman–Crippen LogP) is 3.05. The molecule has 0 spiro atoms. The third-order valence-corrected chi connectivity index (χ3v) is 2.33. The van der Waals surface area contributed by atoms with Crippen molar-refractivity contribution in [2.45, 2.75) is 58.8 Å². The highest BCUT2D eigenvalue weighted by Gasteiger charge is 2.05. The second-order valence-electron chi connectivity index (χ2n) is 4.11. The van der Waals surface area contributed by atoms with Gasteiger partial charge in [-0.3, -0.25) is 5.10 Å². The van der Waals surface area contributed by atoms with E-state index in [0.717, 1.165) is 18.1 Å². The first kappa shape index (κ1) is 11.2. The smallest absolute Gasteiger partial charge is 0.153 e. The van der Waals surface area contributed by atoms with Gasteiger partial charge in [-0.15, -0.1) is 0 Å². The summed E-state index contributed by atoms with van der Waals surface area (Å²) in [5.41, 5.74) is 0. The molecule has 0 aliphatic carbocycles. The van der Waals surface area contributed by atoms with Crippen molar-refractivity contribution in [1.29, 1.82) is 0 Å². The lowest BCUT2D eigenvalue weighted by molar-refractivity contribution is 0.653. The monoisotopic (exact) mass is 195 g/mol. The minimum atomic E-state index is 0.427. The van der Waals surface area contributed by atoms with Gasteiger partial charge in [0.25, 0.3) is 0 Å². The number of H-pyrrole nitrogens is 1. The third kappa shape index (κ3) is 3.48. The molecule has 3 nitrogen and oxygen atoms in total. The standard InChI is InChI=1S/C11H21N3/c1-4-5-6-7-8-10-12-11(9(2)3)14-13-10/h9H,4-8H2,1-3H3,(H,12,13,14). The summed E-state index contributed by atoms with van der Waals surface area (Å²) in [6.45, 7) is 6.46. The number of nitrogens with one attached hydrogen (secondary N) is 1. The molecule has 14 heavy (non-hydrogen) atoms. The Hall–Kier alpha value is -0.860. The van der Waals surface area contributed by atoms with Gasteiger partial charge in [0.05, 0.1) is 0 Å². The normalized spacial score (nSPS) is 11.1. The Morgan fingerprint density at radius 2 is 2.00 bits per heavy atom. The first-order valence-electron chi connectivity index (χ1n) is 5.65. The lowest BCUT2D eigenvalue weighted by Gasteiger charge is -1.96. The van der Waals surface area contributed by atoms with Crippen LogP contribution >= 0.6 is 0 Å². The van der Waals surface area contributed by atoms with Crippen molar-refractivity contribution in [3.63, 3.8) is 0 Å². The van der Waals surface area contributed by atoms with Crippen molar-refractivity contribution in [3.8, 4) is 0 Å². The zero-order valence-electron chi connectivity index (χ0n) is 9.51. The number of nitrogens with zero attached hydrogens (tertiary/aromatic N) is 2. The fraction of sp³-hybridized carbons (Fsp3) is 0.818. The van der Waals surface area contributed by atoms with E-state index in [1.54, 1.807) is 0 Å². The van der Waals surface area contributed by atoms with E-state index in [4.69, 9.17) is 0 Å². The molecule has 0 fully saturated rings. The van der Waals surface area contributed by atoms with Gasteiger partial charge in [0, 0.05) is 12.3 Å². The van der Waals surface area contributed by atoms with E-state index >= 15 is 0 Å². The van der Waals surface area contributed by atoms with Crippen LogP contribution in [0.5, 0.6) is 0 Å². The van der Waals surface area contributed by atoms with Crippen molar-refractivity contribution < 1.29 is 0 Å². The van der Waals surface area contributed by atoms with Crippen molar-refractivity contribution >= 4 is 0 Å². The van der Waals surface area contributed by atoms with E-state index in [9.17, 15) is 0 Å². The van der Waals surface area contributed by atoms with Crippen molar-refractivity contribution in [1.82, 2.24) is 15.2 Å². The molecule has 0 amide bonds. The molecule has 80 valence electrons. The summed E-state index contributed by atoms with van der Waals surface area (Å²) in [5, 5.41) is 7.18. The highest BCUT2D eigenvalue weighted by atomic mass is 15.2. The lowest BCUT2D eigenvalue weighted by atomic mass is 10.1. The minimum absolute atomic E-state index is 0.427.